The molecule has 0 bridgehead atoms. The molecule has 2 aromatic heterocycles. The average molecular weight is 496 g/mol. The van der Waals surface area contributed by atoms with E-state index in [4.69, 9.17) is 18.9 Å². The summed E-state index contributed by atoms with van der Waals surface area (Å²) in [6.07, 6.45) is 4.90. The molecular formula is C25H29N5O6. The van der Waals surface area contributed by atoms with E-state index >= 15 is 0 Å². The van der Waals surface area contributed by atoms with Gasteiger partial charge in [0.05, 0.1) is 29.9 Å². The molecule has 1 saturated heterocycles. The number of nitrogens with zero attached hydrogens (tertiary/aromatic N) is 3. The molecule has 0 radical (unpaired) electrons. The summed E-state index contributed by atoms with van der Waals surface area (Å²) in [5, 5.41) is 3.08. The molecule has 2 aliphatic rings. The lowest BCUT2D eigenvalue weighted by atomic mass is 10.0. The highest BCUT2D eigenvalue weighted by Gasteiger charge is 2.29. The van der Waals surface area contributed by atoms with Crippen molar-refractivity contribution in [3.8, 4) is 28.5 Å². The summed E-state index contributed by atoms with van der Waals surface area (Å²) in [5.41, 5.74) is 2.74. The maximum Gasteiger partial charge on any atom is 0.409 e. The Balaban J connectivity index is 1.39. The van der Waals surface area contributed by atoms with E-state index in [0.29, 0.717) is 84.2 Å². The number of carbonyl (C=O) groups excluding carboxylic acids is 2. The fourth-order valence-electron chi connectivity index (χ4n) is 4.50. The maximum absolute atomic E-state index is 13.2. The van der Waals surface area contributed by atoms with Crippen molar-refractivity contribution in [3.63, 3.8) is 0 Å². The highest BCUT2D eigenvalue weighted by molar-refractivity contribution is 6.08. The van der Waals surface area contributed by atoms with Gasteiger partial charge in [-0.1, -0.05) is 6.92 Å². The number of hydrogen-bond acceptors (Lipinski definition) is 8. The lowest BCUT2D eigenvalue weighted by Crippen LogP contribution is -2.46. The molecule has 0 saturated carbocycles. The van der Waals surface area contributed by atoms with E-state index in [2.05, 4.69) is 20.3 Å². The van der Waals surface area contributed by atoms with Gasteiger partial charge in [-0.05, 0) is 38.3 Å². The van der Waals surface area contributed by atoms with Gasteiger partial charge in [0.2, 0.25) is 6.79 Å². The molecule has 190 valence electrons. The molecular weight excluding hydrogens is 466 g/mol. The second kappa shape index (κ2) is 10.3. The van der Waals surface area contributed by atoms with Crippen LogP contribution in [0, 0.1) is 0 Å². The summed E-state index contributed by atoms with van der Waals surface area (Å²) in [6.45, 7) is 5.88. The van der Waals surface area contributed by atoms with E-state index < -0.39 is 0 Å². The van der Waals surface area contributed by atoms with Crippen molar-refractivity contribution in [2.24, 2.45) is 0 Å². The van der Waals surface area contributed by atoms with Crippen LogP contribution in [0.5, 0.6) is 17.2 Å². The quantitative estimate of drug-likeness (QED) is 0.510. The van der Waals surface area contributed by atoms with Crippen molar-refractivity contribution < 1.29 is 28.5 Å². The van der Waals surface area contributed by atoms with Crippen LogP contribution in [0.1, 0.15) is 43.5 Å². The lowest BCUT2D eigenvalue weighted by Gasteiger charge is -2.31. The second-order valence-corrected chi connectivity index (χ2v) is 8.60. The Morgan fingerprint density at radius 2 is 2.03 bits per heavy atom. The molecule has 0 unspecified atom stereocenters. The van der Waals surface area contributed by atoms with Crippen molar-refractivity contribution >= 4 is 23.0 Å². The van der Waals surface area contributed by atoms with Crippen LogP contribution in [-0.2, 0) is 4.74 Å². The molecule has 0 spiro atoms. The topological polar surface area (TPSA) is 128 Å². The average Bonchev–Trinajstić information content (AvgIpc) is 3.55. The summed E-state index contributed by atoms with van der Waals surface area (Å²) >= 11 is 0. The van der Waals surface area contributed by atoms with Crippen molar-refractivity contribution in [2.75, 3.05) is 33.1 Å². The maximum atomic E-state index is 13.2. The van der Waals surface area contributed by atoms with E-state index in [1.165, 1.54) is 6.33 Å². The van der Waals surface area contributed by atoms with Crippen LogP contribution in [-0.4, -0.2) is 71.0 Å². The van der Waals surface area contributed by atoms with Gasteiger partial charge in [0, 0.05) is 25.3 Å². The first-order valence-corrected chi connectivity index (χ1v) is 12.2. The molecule has 1 aromatic carbocycles. The fourth-order valence-corrected chi connectivity index (χ4v) is 4.50. The Kier molecular flexibility index (Phi) is 6.79. The molecule has 2 amide bonds. The van der Waals surface area contributed by atoms with E-state index in [0.717, 1.165) is 6.42 Å². The highest BCUT2D eigenvalue weighted by Crippen LogP contribution is 2.47. The number of amides is 2. The first kappa shape index (κ1) is 23.7. The number of rotatable bonds is 7. The van der Waals surface area contributed by atoms with Gasteiger partial charge < -0.3 is 34.1 Å². The zero-order valence-electron chi connectivity index (χ0n) is 20.3. The molecule has 11 heteroatoms. The van der Waals surface area contributed by atoms with E-state index in [9.17, 15) is 9.59 Å². The predicted molar refractivity (Wildman–Crippen MR) is 130 cm³/mol. The fraction of sp³-hybridized carbons (Fsp3) is 0.440. The number of aromatic nitrogens is 3. The zero-order chi connectivity index (χ0) is 25.1. The minimum absolute atomic E-state index is 0.0496. The zero-order valence-corrected chi connectivity index (χ0v) is 20.3. The number of hydrogen-bond donors (Lipinski definition) is 2. The van der Waals surface area contributed by atoms with Crippen LogP contribution in [0.4, 0.5) is 4.79 Å². The molecule has 3 aromatic rings. The van der Waals surface area contributed by atoms with Gasteiger partial charge >= 0.3 is 6.09 Å². The normalized spacial score (nSPS) is 15.2. The number of H-pyrrole nitrogens is 1. The van der Waals surface area contributed by atoms with Crippen molar-refractivity contribution in [3.05, 3.63) is 30.2 Å². The minimum Gasteiger partial charge on any atom is -0.493 e. The molecule has 0 aliphatic carbocycles. The molecule has 2 aliphatic heterocycles. The Bertz CT molecular complexity index is 1270. The Morgan fingerprint density at radius 3 is 2.81 bits per heavy atom. The van der Waals surface area contributed by atoms with Gasteiger partial charge in [-0.15, -0.1) is 0 Å². The third-order valence-electron chi connectivity index (χ3n) is 6.26. The van der Waals surface area contributed by atoms with Gasteiger partial charge in [0.1, 0.15) is 23.3 Å². The lowest BCUT2D eigenvalue weighted by molar-refractivity contribution is 0.0861. The van der Waals surface area contributed by atoms with Gasteiger partial charge in [0.15, 0.2) is 11.5 Å². The van der Waals surface area contributed by atoms with Crippen LogP contribution in [0.3, 0.4) is 0 Å². The SMILES string of the molecule is CCCOc1ccc2c(c1-c1ncnc3c(C(=O)NC4CCN(C(=O)OCC)CC4)c[nH]c13)OCO2. The Hall–Kier alpha value is -4.02. The van der Waals surface area contributed by atoms with Crippen molar-refractivity contribution in [1.29, 1.82) is 0 Å². The molecule has 4 heterocycles. The van der Waals surface area contributed by atoms with Crippen molar-refractivity contribution in [2.45, 2.75) is 39.2 Å². The largest absolute Gasteiger partial charge is 0.493 e. The molecule has 11 nitrogen and oxygen atoms in total. The van der Waals surface area contributed by atoms with Gasteiger partial charge in [0.25, 0.3) is 5.91 Å². The molecule has 5 rings (SSSR count). The summed E-state index contributed by atoms with van der Waals surface area (Å²) in [6, 6.07) is 3.60. The molecule has 0 atom stereocenters. The number of carbonyl (C=O) groups is 2. The summed E-state index contributed by atoms with van der Waals surface area (Å²) in [4.78, 5) is 38.9. The summed E-state index contributed by atoms with van der Waals surface area (Å²) < 4.78 is 22.4. The minimum atomic E-state index is -0.313. The van der Waals surface area contributed by atoms with Gasteiger partial charge in [-0.25, -0.2) is 14.8 Å². The monoisotopic (exact) mass is 495 g/mol. The number of piperidine rings is 1. The van der Waals surface area contributed by atoms with Crippen LogP contribution >= 0.6 is 0 Å². The van der Waals surface area contributed by atoms with Crippen LogP contribution in [0.15, 0.2) is 24.7 Å². The van der Waals surface area contributed by atoms with E-state index in [-0.39, 0.29) is 24.8 Å². The Labute approximate surface area is 208 Å². The van der Waals surface area contributed by atoms with Crippen LogP contribution < -0.4 is 19.5 Å². The van der Waals surface area contributed by atoms with Gasteiger partial charge in [-0.3, -0.25) is 4.79 Å². The first-order chi connectivity index (χ1) is 17.6. The Morgan fingerprint density at radius 1 is 1.19 bits per heavy atom. The highest BCUT2D eigenvalue weighted by atomic mass is 16.7. The van der Waals surface area contributed by atoms with Gasteiger partial charge in [-0.2, -0.15) is 0 Å². The number of fused-ring (bicyclic) bond motifs is 2. The van der Waals surface area contributed by atoms with Crippen molar-refractivity contribution in [1.82, 2.24) is 25.2 Å². The third kappa shape index (κ3) is 4.48. The smallest absolute Gasteiger partial charge is 0.409 e. The number of benzene rings is 1. The summed E-state index contributed by atoms with van der Waals surface area (Å²) in [5.74, 6) is 1.55. The molecule has 1 fully saturated rings. The summed E-state index contributed by atoms with van der Waals surface area (Å²) in [7, 11) is 0. The second-order valence-electron chi connectivity index (χ2n) is 8.60. The predicted octanol–water partition coefficient (Wildman–Crippen LogP) is 3.49. The number of nitrogens with one attached hydrogen (secondary N) is 2. The number of likely N-dealkylation sites (tertiary alicyclic amines) is 1. The molecule has 2 N–H and O–H groups in total. The standard InChI is InChI=1S/C25H29N5O6/c1-3-11-34-17-5-6-18-23(36-14-35-18)19(17)21-22-20(27-13-28-21)16(12-26-22)24(31)29-15-7-9-30(10-8-15)25(32)33-4-2/h5-6,12-13,15,26H,3-4,7-11,14H2,1-2H3,(H,29,31). The van der Waals surface area contributed by atoms with Crippen LogP contribution in [0.2, 0.25) is 0 Å². The molecule has 36 heavy (non-hydrogen) atoms. The number of aromatic amines is 1. The van der Waals surface area contributed by atoms with E-state index in [1.807, 2.05) is 19.1 Å². The first-order valence-electron chi connectivity index (χ1n) is 12.2. The van der Waals surface area contributed by atoms with E-state index in [1.54, 1.807) is 18.0 Å². The van der Waals surface area contributed by atoms with Crippen LogP contribution in [0.25, 0.3) is 22.3 Å². The third-order valence-corrected chi connectivity index (χ3v) is 6.26. The number of ether oxygens (including phenoxy) is 4.